The van der Waals surface area contributed by atoms with Crippen molar-refractivity contribution >= 4 is 17.7 Å². The van der Waals surface area contributed by atoms with Gasteiger partial charge < -0.3 is 15.4 Å². The summed E-state index contributed by atoms with van der Waals surface area (Å²) >= 11 is 1.82. The van der Waals surface area contributed by atoms with Gasteiger partial charge in [0.05, 0.1) is 13.0 Å². The minimum Gasteiger partial charge on any atom is -0.469 e. The van der Waals surface area contributed by atoms with Gasteiger partial charge in [0.2, 0.25) is 0 Å². The smallest absolute Gasteiger partial charge is 0.308 e. The number of rotatable bonds is 7. The Kier molecular flexibility index (Phi) is 7.22. The molecule has 1 aliphatic heterocycles. The maximum absolute atomic E-state index is 11.5. The quantitative estimate of drug-likeness (QED) is 0.617. The van der Waals surface area contributed by atoms with E-state index < -0.39 is 0 Å². The Bertz CT molecular complexity index is 447. The van der Waals surface area contributed by atoms with Gasteiger partial charge in [0.15, 0.2) is 0 Å². The summed E-state index contributed by atoms with van der Waals surface area (Å²) in [7, 11) is 1.47. The second kappa shape index (κ2) is 9.18. The Morgan fingerprint density at radius 2 is 2.05 bits per heavy atom. The zero-order valence-electron chi connectivity index (χ0n) is 13.2. The van der Waals surface area contributed by atoms with Gasteiger partial charge in [0, 0.05) is 16.7 Å². The van der Waals surface area contributed by atoms with Crippen LogP contribution in [0, 0.1) is 5.92 Å². The summed E-state index contributed by atoms with van der Waals surface area (Å²) in [6.45, 7) is 2.96. The first-order chi connectivity index (χ1) is 10.7. The lowest BCUT2D eigenvalue weighted by molar-refractivity contribution is -0.147. The van der Waals surface area contributed by atoms with Crippen LogP contribution in [-0.4, -0.2) is 49.4 Å². The molecule has 5 heteroatoms. The predicted molar refractivity (Wildman–Crippen MR) is 90.9 cm³/mol. The molecule has 0 amide bonds. The van der Waals surface area contributed by atoms with Crippen molar-refractivity contribution in [3.8, 4) is 0 Å². The maximum Gasteiger partial charge on any atom is 0.308 e. The number of nitrogens with two attached hydrogens (primary N) is 1. The maximum atomic E-state index is 11.5. The number of thioether (sulfide) groups is 1. The van der Waals surface area contributed by atoms with Crippen molar-refractivity contribution in [1.82, 2.24) is 4.90 Å². The molecule has 1 aliphatic rings. The number of carbonyl (C=O) groups excluding carboxylic acids is 1. The highest BCUT2D eigenvalue weighted by Gasteiger charge is 2.25. The van der Waals surface area contributed by atoms with E-state index in [2.05, 4.69) is 29.2 Å². The summed E-state index contributed by atoms with van der Waals surface area (Å²) in [5.74, 6) is 0.974. The first-order valence-electron chi connectivity index (χ1n) is 7.92. The second-order valence-electron chi connectivity index (χ2n) is 5.81. The highest BCUT2D eigenvalue weighted by molar-refractivity contribution is 7.99. The molecular weight excluding hydrogens is 296 g/mol. The minimum absolute atomic E-state index is 0.0596. The van der Waals surface area contributed by atoms with Crippen LogP contribution in [0.2, 0.25) is 0 Å². The first kappa shape index (κ1) is 17.3. The molecule has 0 radical (unpaired) electrons. The zero-order chi connectivity index (χ0) is 15.8. The third-order valence-electron chi connectivity index (χ3n) is 4.15. The number of piperidine rings is 1. The number of methoxy groups -OCH3 is 1. The number of hydrogen-bond donors (Lipinski definition) is 1. The van der Waals surface area contributed by atoms with E-state index >= 15 is 0 Å². The summed E-state index contributed by atoms with van der Waals surface area (Å²) in [4.78, 5) is 15.2. The van der Waals surface area contributed by atoms with Crippen molar-refractivity contribution in [2.75, 3.05) is 32.5 Å². The van der Waals surface area contributed by atoms with Gasteiger partial charge >= 0.3 is 5.97 Å². The lowest BCUT2D eigenvalue weighted by atomic mass is 9.97. The molecule has 1 unspecified atom stereocenters. The van der Waals surface area contributed by atoms with Crippen molar-refractivity contribution < 1.29 is 9.53 Å². The van der Waals surface area contributed by atoms with Crippen molar-refractivity contribution in [2.45, 2.75) is 30.2 Å². The molecule has 2 rings (SSSR count). The lowest BCUT2D eigenvalue weighted by Crippen LogP contribution is -2.39. The third kappa shape index (κ3) is 5.63. The number of nitrogens with zero attached hydrogens (tertiary/aromatic N) is 1. The number of esters is 1. The van der Waals surface area contributed by atoms with E-state index in [1.54, 1.807) is 0 Å². The van der Waals surface area contributed by atoms with E-state index in [1.807, 2.05) is 17.8 Å². The molecule has 2 N–H and O–H groups in total. The minimum atomic E-state index is -0.0596. The highest BCUT2D eigenvalue weighted by Crippen LogP contribution is 2.20. The van der Waals surface area contributed by atoms with E-state index in [-0.39, 0.29) is 17.9 Å². The Morgan fingerprint density at radius 3 is 2.68 bits per heavy atom. The van der Waals surface area contributed by atoms with Crippen LogP contribution in [0.4, 0.5) is 0 Å². The molecule has 0 aromatic heterocycles. The molecule has 0 bridgehead atoms. The van der Waals surface area contributed by atoms with Crippen LogP contribution in [0.1, 0.15) is 19.3 Å². The van der Waals surface area contributed by atoms with E-state index in [9.17, 15) is 4.79 Å². The summed E-state index contributed by atoms with van der Waals surface area (Å²) in [5, 5.41) is 0. The van der Waals surface area contributed by atoms with Crippen LogP contribution in [0.25, 0.3) is 0 Å². The third-order valence-corrected chi connectivity index (χ3v) is 5.35. The Morgan fingerprint density at radius 1 is 1.36 bits per heavy atom. The van der Waals surface area contributed by atoms with Gasteiger partial charge in [-0.1, -0.05) is 18.2 Å². The molecule has 0 saturated carbocycles. The van der Waals surface area contributed by atoms with Gasteiger partial charge in [-0.3, -0.25) is 4.79 Å². The van der Waals surface area contributed by atoms with Gasteiger partial charge in [0.1, 0.15) is 0 Å². The van der Waals surface area contributed by atoms with E-state index in [0.717, 1.165) is 44.6 Å². The predicted octanol–water partition coefficient (Wildman–Crippen LogP) is 2.38. The molecule has 0 spiro atoms. The van der Waals surface area contributed by atoms with Crippen molar-refractivity contribution in [1.29, 1.82) is 0 Å². The summed E-state index contributed by atoms with van der Waals surface area (Å²) in [6, 6.07) is 10.6. The fourth-order valence-corrected chi connectivity index (χ4v) is 3.63. The van der Waals surface area contributed by atoms with Gasteiger partial charge in [-0.25, -0.2) is 0 Å². The SMILES string of the molecule is COC(=O)C1CCN(CCC(N)CSc2ccccc2)CC1. The van der Waals surface area contributed by atoms with Crippen molar-refractivity contribution in [3.63, 3.8) is 0 Å². The van der Waals surface area contributed by atoms with E-state index in [4.69, 9.17) is 10.5 Å². The fourth-order valence-electron chi connectivity index (χ4n) is 2.71. The fraction of sp³-hybridized carbons (Fsp3) is 0.588. The van der Waals surface area contributed by atoms with Crippen LogP contribution in [0.15, 0.2) is 35.2 Å². The molecule has 4 nitrogen and oxygen atoms in total. The van der Waals surface area contributed by atoms with E-state index in [0.29, 0.717) is 0 Å². The monoisotopic (exact) mass is 322 g/mol. The molecule has 1 aromatic rings. The number of carbonyl (C=O) groups is 1. The number of hydrogen-bond acceptors (Lipinski definition) is 5. The van der Waals surface area contributed by atoms with E-state index in [1.165, 1.54) is 12.0 Å². The first-order valence-corrected chi connectivity index (χ1v) is 8.91. The highest BCUT2D eigenvalue weighted by atomic mass is 32.2. The summed E-state index contributed by atoms with van der Waals surface area (Å²) < 4.78 is 4.82. The molecule has 1 saturated heterocycles. The molecule has 1 aromatic carbocycles. The molecule has 1 atom stereocenters. The van der Waals surface area contributed by atoms with Gasteiger partial charge in [-0.2, -0.15) is 0 Å². The average molecular weight is 322 g/mol. The number of likely N-dealkylation sites (tertiary alicyclic amines) is 1. The zero-order valence-corrected chi connectivity index (χ0v) is 14.1. The Balaban J connectivity index is 1.61. The largest absolute Gasteiger partial charge is 0.469 e. The summed E-state index contributed by atoms with van der Waals surface area (Å²) in [5.41, 5.74) is 6.21. The summed E-state index contributed by atoms with van der Waals surface area (Å²) in [6.07, 6.45) is 2.81. The van der Waals surface area contributed by atoms with Crippen LogP contribution in [0.5, 0.6) is 0 Å². The molecule has 1 fully saturated rings. The van der Waals surface area contributed by atoms with Crippen molar-refractivity contribution in [3.05, 3.63) is 30.3 Å². The Hall–Kier alpha value is -1.04. The molecule has 22 heavy (non-hydrogen) atoms. The Labute approximate surface area is 137 Å². The second-order valence-corrected chi connectivity index (χ2v) is 6.91. The van der Waals surface area contributed by atoms with Gasteiger partial charge in [-0.05, 0) is 51.0 Å². The molecule has 0 aliphatic carbocycles. The molecule has 122 valence electrons. The molecular formula is C17H26N2O2S. The molecule has 1 heterocycles. The average Bonchev–Trinajstić information content (AvgIpc) is 2.58. The number of ether oxygens (including phenoxy) is 1. The van der Waals surface area contributed by atoms with Crippen LogP contribution in [0.3, 0.4) is 0 Å². The normalized spacial score (nSPS) is 18.1. The lowest BCUT2D eigenvalue weighted by Gasteiger charge is -2.31. The van der Waals surface area contributed by atoms with Crippen LogP contribution >= 0.6 is 11.8 Å². The standard InChI is InChI=1S/C17H26N2O2S/c1-21-17(20)14-7-10-19(11-8-14)12-9-15(18)13-22-16-5-3-2-4-6-16/h2-6,14-15H,7-13,18H2,1H3. The van der Waals surface area contributed by atoms with Crippen molar-refractivity contribution in [2.24, 2.45) is 11.7 Å². The van der Waals surface area contributed by atoms with Crippen LogP contribution < -0.4 is 5.73 Å². The topological polar surface area (TPSA) is 55.6 Å². The van der Waals surface area contributed by atoms with Crippen LogP contribution in [-0.2, 0) is 9.53 Å². The van der Waals surface area contributed by atoms with Gasteiger partial charge in [0.25, 0.3) is 0 Å². The number of benzene rings is 1. The van der Waals surface area contributed by atoms with Gasteiger partial charge in [-0.15, -0.1) is 11.8 Å².